The minimum absolute atomic E-state index is 0.000592. The molecule has 0 aromatic heterocycles. The number of esters is 1. The van der Waals surface area contributed by atoms with Crippen molar-refractivity contribution < 1.29 is 145 Å². The molecule has 0 unspecified atom stereocenters. The zero-order valence-electron chi connectivity index (χ0n) is 79.3. The van der Waals surface area contributed by atoms with Gasteiger partial charge in [-0.1, -0.05) is 6.07 Å². The Balaban J connectivity index is 0.738. The number of nitrogens with one attached hydrogen (secondary N) is 12. The summed E-state index contributed by atoms with van der Waals surface area (Å²) < 4.78 is 64.6. The molecule has 142 heavy (non-hydrogen) atoms. The number of carbonyl (C=O) groups is 15. The molecule has 0 radical (unpaired) electrons. The van der Waals surface area contributed by atoms with Crippen LogP contribution in [0.1, 0.15) is 180 Å². The third-order valence-electron chi connectivity index (χ3n) is 24.9. The Hall–Kier alpha value is -12.9. The molecule has 0 saturated carbocycles. The lowest BCUT2D eigenvalue weighted by molar-refractivity contribution is -0.149. The van der Waals surface area contributed by atoms with Crippen LogP contribution in [0.15, 0.2) is 42.5 Å². The number of aliphatic hydroxyl groups is 4. The molecule has 6 aliphatic heterocycles. The molecular formula is C91H133F2N21O28. The maximum absolute atomic E-state index is 15.3. The van der Waals surface area contributed by atoms with Gasteiger partial charge in [-0.3, -0.25) is 73.1 Å². The van der Waals surface area contributed by atoms with Crippen LogP contribution in [0.4, 0.5) is 8.78 Å². The van der Waals surface area contributed by atoms with Crippen LogP contribution < -0.4 is 80.8 Å². The Morgan fingerprint density at radius 3 is 1.35 bits per heavy atom. The van der Waals surface area contributed by atoms with Crippen LogP contribution in [0, 0.1) is 22.5 Å². The van der Waals surface area contributed by atoms with Crippen molar-refractivity contribution in [3.63, 3.8) is 0 Å². The van der Waals surface area contributed by atoms with Gasteiger partial charge in [0.05, 0.1) is 74.6 Å². The van der Waals surface area contributed by atoms with Crippen molar-refractivity contribution >= 4 is 101 Å². The summed E-state index contributed by atoms with van der Waals surface area (Å²) in [5.41, 5.74) is 19.2. The predicted molar refractivity (Wildman–Crippen MR) is 496 cm³/mol. The highest BCUT2D eigenvalue weighted by atomic mass is 19.1. The number of nitrogens with zero attached hydrogens (tertiary/aromatic N) is 5. The highest BCUT2D eigenvalue weighted by Crippen LogP contribution is 2.58. The molecule has 12 atom stereocenters. The first-order chi connectivity index (χ1) is 67.8. The van der Waals surface area contributed by atoms with Crippen LogP contribution in [-0.2, 0) is 91.6 Å². The normalized spacial score (nSPS) is 18.2. The Labute approximate surface area is 816 Å². The minimum atomic E-state index is -2.17. The van der Waals surface area contributed by atoms with Crippen LogP contribution in [0.3, 0.4) is 0 Å². The average molecular weight is 2010 g/mol. The topological polar surface area (TPSA) is 741 Å². The van der Waals surface area contributed by atoms with E-state index in [1.807, 2.05) is 0 Å². The lowest BCUT2D eigenvalue weighted by Crippen LogP contribution is -2.59. The van der Waals surface area contributed by atoms with Gasteiger partial charge in [0.25, 0.3) is 5.91 Å². The van der Waals surface area contributed by atoms with E-state index in [4.69, 9.17) is 62.2 Å². The number of carbonyl (C=O) groups excluding carboxylic acids is 14. The molecular weight excluding hydrogens is 1870 g/mol. The van der Waals surface area contributed by atoms with Gasteiger partial charge in [0, 0.05) is 102 Å². The number of carboxylic acids is 1. The SMILES string of the molecule is C[C@@H](O)[C@H](NC(=O)COCCOCCNC(=O)CCN(CCC(=O)NCCOCCOCC(=O)N[C@H](C(=O)N[C@@H](CCCCN)C(=O)N1CCC[C@H]1C(=O)N1CCC[C@H]1C(=O)N[C@@H](CCCNC(=N)N)C(O)O)[C@@H](C)O)C(=O)c1ccc2c(c1)C(=O)OC21c2cc(F)c(O)cc2Oc2cc(O)c(F)cc21)C(=O)N[C@@H](CCCCN)C(=O)N1CCC[C@H]1C(=O)N1CCC[C@H]1C(=O)N[C@@H](CCCNC(=N)N)C(=O)O. The highest BCUT2D eigenvalue weighted by molar-refractivity contribution is 6.03. The van der Waals surface area contributed by atoms with Crippen molar-refractivity contribution in [2.24, 2.45) is 22.9 Å². The number of rotatable bonds is 57. The maximum Gasteiger partial charge on any atom is 0.340 e. The van der Waals surface area contributed by atoms with Gasteiger partial charge in [-0.2, -0.15) is 0 Å². The fourth-order valence-electron chi connectivity index (χ4n) is 17.7. The Morgan fingerprint density at radius 2 is 0.923 bits per heavy atom. The molecule has 0 aliphatic carbocycles. The maximum atomic E-state index is 15.3. The quantitative estimate of drug-likeness (QED) is 0.00830. The lowest BCUT2D eigenvalue weighted by atomic mass is 9.77. The number of hydrogen-bond acceptors (Lipinski definition) is 31. The van der Waals surface area contributed by atoms with Crippen molar-refractivity contribution in [2.45, 2.75) is 227 Å². The number of guanidine groups is 2. The molecule has 49 nitrogen and oxygen atoms in total. The number of hydrogen-bond donors (Lipinski definition) is 23. The fraction of sp³-hybridized carbons (Fsp3) is 0.615. The number of carboxylic acid groups (broad SMARTS) is 1. The molecule has 27 N–H and O–H groups in total. The molecule has 3 aromatic carbocycles. The summed E-state index contributed by atoms with van der Waals surface area (Å²) in [6.45, 7) is 0.896. The zero-order valence-corrected chi connectivity index (χ0v) is 79.3. The first-order valence-electron chi connectivity index (χ1n) is 47.6. The van der Waals surface area contributed by atoms with Crippen LogP contribution >= 0.6 is 0 Å². The molecule has 3 aromatic rings. The third kappa shape index (κ3) is 31.1. The number of aromatic hydroxyl groups is 2. The van der Waals surface area contributed by atoms with Gasteiger partial charge in [-0.05, 0) is 167 Å². The number of nitrogens with two attached hydrogens (primary N) is 4. The van der Waals surface area contributed by atoms with Crippen LogP contribution in [0.5, 0.6) is 23.0 Å². The number of amides is 13. The molecule has 13 amide bonds. The van der Waals surface area contributed by atoms with Crippen molar-refractivity contribution in [3.8, 4) is 23.0 Å². The summed E-state index contributed by atoms with van der Waals surface area (Å²) in [6, 6.07) is -5.11. The van der Waals surface area contributed by atoms with E-state index in [0.717, 1.165) is 35.2 Å². The fourth-order valence-corrected chi connectivity index (χ4v) is 17.7. The van der Waals surface area contributed by atoms with Crippen LogP contribution in [0.2, 0.25) is 0 Å². The van der Waals surface area contributed by atoms with Crippen LogP contribution in [0.25, 0.3) is 0 Å². The van der Waals surface area contributed by atoms with Crippen LogP contribution in [-0.4, -0.2) is 371 Å². The number of phenolic OH excluding ortho intramolecular Hbond substituents is 2. The first-order valence-corrected chi connectivity index (χ1v) is 47.6. The number of unbranched alkanes of at least 4 members (excludes halogenated alkanes) is 2. The van der Waals surface area contributed by atoms with Gasteiger partial charge in [0.1, 0.15) is 79.1 Å². The summed E-state index contributed by atoms with van der Waals surface area (Å²) in [4.78, 5) is 214. The van der Waals surface area contributed by atoms with E-state index in [0.29, 0.717) is 57.8 Å². The number of aliphatic carboxylic acids is 1. The number of likely N-dealkylation sites (tertiary alicyclic amines) is 4. The van der Waals surface area contributed by atoms with Gasteiger partial charge in [0.15, 0.2) is 46.9 Å². The number of fused-ring (bicyclic) bond motifs is 6. The summed E-state index contributed by atoms with van der Waals surface area (Å²) in [5, 5.41) is 113. The van der Waals surface area contributed by atoms with Gasteiger partial charge >= 0.3 is 11.9 Å². The second-order valence-corrected chi connectivity index (χ2v) is 35.3. The van der Waals surface area contributed by atoms with E-state index in [9.17, 15) is 108 Å². The van der Waals surface area contributed by atoms with Gasteiger partial charge in [0.2, 0.25) is 70.9 Å². The van der Waals surface area contributed by atoms with E-state index in [-0.39, 0.29) is 240 Å². The molecule has 6 heterocycles. The molecule has 1 spiro atoms. The van der Waals surface area contributed by atoms with E-state index in [1.54, 1.807) is 0 Å². The van der Waals surface area contributed by atoms with E-state index < -0.39 is 210 Å². The number of aliphatic hydroxyl groups excluding tert-OH is 3. The summed E-state index contributed by atoms with van der Waals surface area (Å²) in [6.07, 6.45) is -0.776. The molecule has 9 rings (SSSR count). The standard InChI is InChI=1S/C91H133F2N21O28/c1-50(115)75(79(125)104-59(13-3-5-25-94)82(128)113-33-11-19-65(113)84(130)111-31-9-17-63(111)77(123)106-61(86(132)133)15-7-27-102-89(96)97)108-73(121)48-139-41-39-137-37-29-100-71(119)23-35-110(81(127)52-21-22-54-53(43-52)88(136)142-91(54)55-44-57(92)67(117)46-69(55)141-70-47-68(118)58(93)45-56(70)91)36-24-72(120)101-30-38-138-40-42-140-49-74(122)109-76(51(2)116)80(126)105-60(14-4-6-26-95)83(129)114-34-12-20-66(114)85(131)112-32-10-18-64(112)78(124)107-62(87(134)135)16-8-28-103-90(98)99/h21-22,43-47,50-51,59-66,75-76,86,115-118,132-133H,3-20,23-42,48-49,94-95H2,1-2H3,(H,100,119)(H,101,120)(H,104,125)(H,105,126)(H,106,123)(H,107,124)(H,108,121)(H,109,122)(H,134,135)(H4,96,97,102)(H4,98,99,103)/t50-,51-,59+,60+,61+,62+,63+,64+,65+,66+,75+,76+/m1/s1. The van der Waals surface area contributed by atoms with E-state index in [2.05, 4.69) is 53.2 Å². The molecule has 51 heteroatoms. The Kier molecular flexibility index (Phi) is 43.6. The molecule has 4 fully saturated rings. The van der Waals surface area contributed by atoms with Crippen molar-refractivity contribution in [3.05, 3.63) is 81.9 Å². The summed E-state index contributed by atoms with van der Waals surface area (Å²) in [7, 11) is 0. The second kappa shape index (κ2) is 54.9. The largest absolute Gasteiger partial charge is 0.505 e. The molecule has 0 bridgehead atoms. The number of ether oxygens (including phenoxy) is 6. The monoisotopic (exact) mass is 2010 g/mol. The molecule has 4 saturated heterocycles. The van der Waals surface area contributed by atoms with Gasteiger partial charge < -0.3 is 165 Å². The first kappa shape index (κ1) is 113. The highest BCUT2D eigenvalue weighted by Gasteiger charge is 2.56. The number of phenols is 2. The zero-order chi connectivity index (χ0) is 104. The van der Waals surface area contributed by atoms with Crippen molar-refractivity contribution in [2.75, 3.05) is 131 Å². The number of halogens is 2. The number of benzene rings is 3. The van der Waals surface area contributed by atoms with E-state index in [1.165, 1.54) is 45.6 Å². The second-order valence-electron chi connectivity index (χ2n) is 35.3. The molecule has 6 aliphatic rings. The summed E-state index contributed by atoms with van der Waals surface area (Å²) in [5.74, 6) is -16.8. The average Bonchev–Trinajstić information content (AvgIpc) is 1.50. The smallest absolute Gasteiger partial charge is 0.340 e. The Morgan fingerprint density at radius 1 is 0.500 bits per heavy atom. The van der Waals surface area contributed by atoms with E-state index >= 15 is 8.78 Å². The lowest BCUT2D eigenvalue weighted by Gasteiger charge is -2.36. The van der Waals surface area contributed by atoms with Crippen molar-refractivity contribution in [1.82, 2.24) is 77.7 Å². The summed E-state index contributed by atoms with van der Waals surface area (Å²) >= 11 is 0. The Bertz CT molecular complexity index is 4890. The van der Waals surface area contributed by atoms with Gasteiger partial charge in [-0.25, -0.2) is 18.4 Å². The minimum Gasteiger partial charge on any atom is -0.505 e. The van der Waals surface area contributed by atoms with Crippen molar-refractivity contribution in [1.29, 1.82) is 10.8 Å². The predicted octanol–water partition coefficient (Wildman–Crippen LogP) is -4.72. The van der Waals surface area contributed by atoms with Gasteiger partial charge in [-0.15, -0.1) is 0 Å². The third-order valence-corrected chi connectivity index (χ3v) is 24.9. The molecule has 784 valence electrons.